The molecular formula is C11H16N2O4S. The van der Waals surface area contributed by atoms with E-state index in [0.717, 1.165) is 0 Å². The zero-order valence-electron chi connectivity index (χ0n) is 10.3. The summed E-state index contributed by atoms with van der Waals surface area (Å²) in [6.07, 6.45) is 3.77. The summed E-state index contributed by atoms with van der Waals surface area (Å²) in [6.45, 7) is 1.73. The van der Waals surface area contributed by atoms with Crippen LogP contribution >= 0.6 is 11.8 Å². The Morgan fingerprint density at radius 3 is 2.83 bits per heavy atom. The fourth-order valence-corrected chi connectivity index (χ4v) is 1.87. The second-order valence-electron chi connectivity index (χ2n) is 3.84. The molecular weight excluding hydrogens is 256 g/mol. The van der Waals surface area contributed by atoms with Gasteiger partial charge in [0, 0.05) is 5.56 Å². The summed E-state index contributed by atoms with van der Waals surface area (Å²) in [7, 11) is 0. The molecule has 1 aromatic rings. The third kappa shape index (κ3) is 4.40. The van der Waals surface area contributed by atoms with E-state index in [0.29, 0.717) is 23.4 Å². The third-order valence-corrected chi connectivity index (χ3v) is 3.09. The van der Waals surface area contributed by atoms with Crippen LogP contribution in [0.2, 0.25) is 0 Å². The molecule has 1 rings (SSSR count). The van der Waals surface area contributed by atoms with Crippen LogP contribution in [0.25, 0.3) is 0 Å². The van der Waals surface area contributed by atoms with Crippen molar-refractivity contribution in [3.63, 3.8) is 0 Å². The van der Waals surface area contributed by atoms with Crippen molar-refractivity contribution in [2.24, 2.45) is 0 Å². The minimum Gasteiger partial charge on any atom is -0.480 e. The number of carboxylic acid groups (broad SMARTS) is 1. The van der Waals surface area contributed by atoms with Crippen LogP contribution < -0.4 is 5.32 Å². The van der Waals surface area contributed by atoms with Gasteiger partial charge in [0.05, 0.1) is 12.1 Å². The van der Waals surface area contributed by atoms with Crippen molar-refractivity contribution >= 4 is 23.6 Å². The lowest BCUT2D eigenvalue weighted by molar-refractivity contribution is -0.141. The van der Waals surface area contributed by atoms with Crippen LogP contribution in [-0.4, -0.2) is 40.2 Å². The van der Waals surface area contributed by atoms with Gasteiger partial charge in [-0.3, -0.25) is 4.79 Å². The predicted octanol–water partition coefficient (Wildman–Crippen LogP) is 0.848. The highest BCUT2D eigenvalue weighted by Gasteiger charge is 2.20. The summed E-state index contributed by atoms with van der Waals surface area (Å²) in [5, 5.41) is 15.1. The summed E-state index contributed by atoms with van der Waals surface area (Å²) in [4.78, 5) is 22.6. The Morgan fingerprint density at radius 1 is 1.61 bits per heavy atom. The highest BCUT2D eigenvalue weighted by atomic mass is 32.2. The maximum absolute atomic E-state index is 11.7. The molecule has 1 heterocycles. The number of carbonyl (C=O) groups excluding carboxylic acids is 1. The van der Waals surface area contributed by atoms with Gasteiger partial charge in [0.2, 0.25) is 5.91 Å². The van der Waals surface area contributed by atoms with Gasteiger partial charge in [-0.25, -0.2) is 4.79 Å². The molecule has 2 N–H and O–H groups in total. The molecule has 0 spiro atoms. The van der Waals surface area contributed by atoms with E-state index in [1.165, 1.54) is 6.26 Å². The Labute approximate surface area is 109 Å². The van der Waals surface area contributed by atoms with E-state index >= 15 is 0 Å². The lowest BCUT2D eigenvalue weighted by Gasteiger charge is -2.13. The molecule has 0 aliphatic heterocycles. The summed E-state index contributed by atoms with van der Waals surface area (Å²) in [5.74, 6) is -0.668. The van der Waals surface area contributed by atoms with Crippen LogP contribution in [0.4, 0.5) is 0 Å². The molecule has 18 heavy (non-hydrogen) atoms. The van der Waals surface area contributed by atoms with Crippen molar-refractivity contribution in [2.45, 2.75) is 25.8 Å². The van der Waals surface area contributed by atoms with Crippen molar-refractivity contribution in [1.82, 2.24) is 10.5 Å². The van der Waals surface area contributed by atoms with Gasteiger partial charge in [0.25, 0.3) is 0 Å². The maximum atomic E-state index is 11.7. The molecule has 0 saturated heterocycles. The molecule has 0 aliphatic rings. The molecule has 0 unspecified atom stereocenters. The molecule has 0 radical (unpaired) electrons. The SMILES string of the molecule is CSCC[C@H](NC(=O)Cc1conc1C)C(=O)O. The third-order valence-electron chi connectivity index (χ3n) is 2.44. The van der Waals surface area contributed by atoms with Crippen molar-refractivity contribution in [3.8, 4) is 0 Å². The first kappa shape index (κ1) is 14.6. The van der Waals surface area contributed by atoms with Crippen molar-refractivity contribution in [2.75, 3.05) is 12.0 Å². The number of rotatable bonds is 7. The second kappa shape index (κ2) is 7.05. The van der Waals surface area contributed by atoms with Crippen LogP contribution in [-0.2, 0) is 16.0 Å². The Morgan fingerprint density at radius 2 is 2.33 bits per heavy atom. The van der Waals surface area contributed by atoms with E-state index in [4.69, 9.17) is 9.63 Å². The number of carboxylic acids is 1. The highest BCUT2D eigenvalue weighted by molar-refractivity contribution is 7.98. The Hall–Kier alpha value is -1.50. The normalized spacial score (nSPS) is 12.1. The summed E-state index contributed by atoms with van der Waals surface area (Å²) in [5.41, 5.74) is 1.31. The first-order valence-corrected chi connectivity index (χ1v) is 6.85. The van der Waals surface area contributed by atoms with E-state index < -0.39 is 12.0 Å². The quantitative estimate of drug-likeness (QED) is 0.764. The maximum Gasteiger partial charge on any atom is 0.326 e. The fourth-order valence-electron chi connectivity index (χ4n) is 1.39. The molecule has 1 amide bonds. The molecule has 1 aromatic heterocycles. The molecule has 0 aliphatic carbocycles. The van der Waals surface area contributed by atoms with E-state index in [1.54, 1.807) is 18.7 Å². The minimum absolute atomic E-state index is 0.0817. The second-order valence-corrected chi connectivity index (χ2v) is 4.83. The van der Waals surface area contributed by atoms with Crippen LogP contribution in [0, 0.1) is 6.92 Å². The summed E-state index contributed by atoms with van der Waals surface area (Å²) >= 11 is 1.54. The number of hydrogen-bond acceptors (Lipinski definition) is 5. The van der Waals surface area contributed by atoms with Crippen molar-refractivity contribution in [1.29, 1.82) is 0 Å². The van der Waals surface area contributed by atoms with Crippen LogP contribution in [0.15, 0.2) is 10.8 Å². The molecule has 0 fully saturated rings. The number of amides is 1. The largest absolute Gasteiger partial charge is 0.480 e. The number of nitrogens with one attached hydrogen (secondary N) is 1. The van der Waals surface area contributed by atoms with Gasteiger partial charge >= 0.3 is 5.97 Å². The number of aromatic nitrogens is 1. The molecule has 6 nitrogen and oxygen atoms in total. The molecule has 0 saturated carbocycles. The van der Waals surface area contributed by atoms with Gasteiger partial charge in [0.15, 0.2) is 0 Å². The van der Waals surface area contributed by atoms with Gasteiger partial charge in [-0.05, 0) is 25.4 Å². The van der Waals surface area contributed by atoms with Gasteiger partial charge in [-0.2, -0.15) is 11.8 Å². The number of carbonyl (C=O) groups is 2. The summed E-state index contributed by atoms with van der Waals surface area (Å²) < 4.78 is 4.71. The van der Waals surface area contributed by atoms with Gasteiger partial charge in [-0.1, -0.05) is 5.16 Å². The zero-order chi connectivity index (χ0) is 13.5. The monoisotopic (exact) mass is 272 g/mol. The van der Waals surface area contributed by atoms with Gasteiger partial charge in [-0.15, -0.1) is 0 Å². The fraction of sp³-hybridized carbons (Fsp3) is 0.545. The van der Waals surface area contributed by atoms with E-state index in [2.05, 4.69) is 10.5 Å². The smallest absolute Gasteiger partial charge is 0.326 e. The van der Waals surface area contributed by atoms with Crippen LogP contribution in [0.1, 0.15) is 17.7 Å². The summed E-state index contributed by atoms with van der Waals surface area (Å²) in [6, 6.07) is -0.842. The molecule has 1 atom stereocenters. The van der Waals surface area contributed by atoms with Gasteiger partial charge in [0.1, 0.15) is 12.3 Å². The number of thioether (sulfide) groups is 1. The minimum atomic E-state index is -1.01. The molecule has 100 valence electrons. The predicted molar refractivity (Wildman–Crippen MR) is 67.5 cm³/mol. The van der Waals surface area contributed by atoms with Gasteiger partial charge < -0.3 is 14.9 Å². The van der Waals surface area contributed by atoms with Crippen molar-refractivity contribution < 1.29 is 19.2 Å². The number of aliphatic carboxylic acids is 1. The average Bonchev–Trinajstić information content (AvgIpc) is 2.70. The lowest BCUT2D eigenvalue weighted by atomic mass is 10.1. The van der Waals surface area contributed by atoms with E-state index in [-0.39, 0.29) is 12.3 Å². The lowest BCUT2D eigenvalue weighted by Crippen LogP contribution is -2.41. The Balaban J connectivity index is 2.51. The zero-order valence-corrected chi connectivity index (χ0v) is 11.1. The number of aryl methyl sites for hydroxylation is 1. The standard InChI is InChI=1S/C11H16N2O4S/c1-7-8(6-17-13-7)5-10(14)12-9(11(15)16)3-4-18-2/h6,9H,3-5H2,1-2H3,(H,12,14)(H,15,16)/t9-/m0/s1. The first-order chi connectivity index (χ1) is 8.54. The average molecular weight is 272 g/mol. The highest BCUT2D eigenvalue weighted by Crippen LogP contribution is 2.06. The van der Waals surface area contributed by atoms with Crippen molar-refractivity contribution in [3.05, 3.63) is 17.5 Å². The molecule has 0 bridgehead atoms. The molecule has 0 aromatic carbocycles. The number of hydrogen-bond donors (Lipinski definition) is 2. The van der Waals surface area contributed by atoms with E-state index in [9.17, 15) is 9.59 Å². The Kier molecular flexibility index (Phi) is 5.70. The molecule has 7 heteroatoms. The van der Waals surface area contributed by atoms with Crippen LogP contribution in [0.3, 0.4) is 0 Å². The van der Waals surface area contributed by atoms with E-state index in [1.807, 2.05) is 6.26 Å². The topological polar surface area (TPSA) is 92.4 Å². The Bertz CT molecular complexity index is 419. The number of nitrogens with zero attached hydrogens (tertiary/aromatic N) is 1. The first-order valence-electron chi connectivity index (χ1n) is 5.45. The van der Waals surface area contributed by atoms with Crippen LogP contribution in [0.5, 0.6) is 0 Å².